The number of nitrogens with zero attached hydrogens (tertiary/aromatic N) is 3. The minimum atomic E-state index is -0.279. The number of rotatable bonds is 3. The number of benzene rings is 1. The van der Waals surface area contributed by atoms with E-state index in [-0.39, 0.29) is 30.3 Å². The van der Waals surface area contributed by atoms with Gasteiger partial charge in [0, 0.05) is 31.7 Å². The van der Waals surface area contributed by atoms with Crippen molar-refractivity contribution in [1.82, 2.24) is 14.7 Å². The van der Waals surface area contributed by atoms with Gasteiger partial charge in [0.05, 0.1) is 0 Å². The Labute approximate surface area is 166 Å². The molecule has 3 saturated heterocycles. The fraction of sp³-hybridized carbons (Fsp3) is 0.591. The molecule has 150 valence electrons. The third kappa shape index (κ3) is 3.91. The summed E-state index contributed by atoms with van der Waals surface area (Å²) in [5.74, 6) is 0.205. The molecule has 0 bridgehead atoms. The summed E-state index contributed by atoms with van der Waals surface area (Å²) < 4.78 is 0. The number of hydrogen-bond donors (Lipinski definition) is 0. The number of carbonyl (C=O) groups is 3. The Balaban J connectivity index is 1.41. The molecule has 1 unspecified atom stereocenters. The van der Waals surface area contributed by atoms with Gasteiger partial charge in [-0.1, -0.05) is 25.0 Å². The number of hydrogen-bond acceptors (Lipinski definition) is 3. The SMILES string of the molecule is O=C(c1ccc(CN2CC(=O)N3CCCCC3C2=O)cc1)N1CCCCCC1. The van der Waals surface area contributed by atoms with E-state index < -0.39 is 0 Å². The molecule has 1 atom stereocenters. The summed E-state index contributed by atoms with van der Waals surface area (Å²) in [6.07, 6.45) is 7.31. The number of fused-ring (bicyclic) bond motifs is 1. The van der Waals surface area contributed by atoms with Crippen LogP contribution < -0.4 is 0 Å². The van der Waals surface area contributed by atoms with Gasteiger partial charge in [-0.3, -0.25) is 14.4 Å². The molecule has 4 rings (SSSR count). The van der Waals surface area contributed by atoms with Crippen molar-refractivity contribution >= 4 is 17.7 Å². The van der Waals surface area contributed by atoms with Crippen molar-refractivity contribution < 1.29 is 14.4 Å². The lowest BCUT2D eigenvalue weighted by Gasteiger charge is -2.42. The molecule has 3 heterocycles. The van der Waals surface area contributed by atoms with Crippen LogP contribution in [0.5, 0.6) is 0 Å². The molecule has 0 N–H and O–H groups in total. The molecule has 0 radical (unpaired) electrons. The number of amides is 3. The molecule has 3 fully saturated rings. The zero-order valence-corrected chi connectivity index (χ0v) is 16.4. The smallest absolute Gasteiger partial charge is 0.253 e. The molecule has 0 spiro atoms. The van der Waals surface area contributed by atoms with Gasteiger partial charge < -0.3 is 14.7 Å². The third-order valence-electron chi connectivity index (χ3n) is 6.21. The van der Waals surface area contributed by atoms with Gasteiger partial charge in [0.1, 0.15) is 12.6 Å². The van der Waals surface area contributed by atoms with Crippen LogP contribution in [-0.2, 0) is 16.1 Å². The molecule has 0 saturated carbocycles. The van der Waals surface area contributed by atoms with Crippen LogP contribution in [0.3, 0.4) is 0 Å². The van der Waals surface area contributed by atoms with Crippen molar-refractivity contribution in [3.63, 3.8) is 0 Å². The Morgan fingerprint density at radius 2 is 1.57 bits per heavy atom. The standard InChI is InChI=1S/C22H29N3O3/c26-20-16-24(22(28)19-7-3-6-14-25(19)20)15-17-8-10-18(11-9-17)21(27)23-12-4-1-2-5-13-23/h8-11,19H,1-7,12-16H2. The Morgan fingerprint density at radius 3 is 2.29 bits per heavy atom. The van der Waals surface area contributed by atoms with E-state index in [9.17, 15) is 14.4 Å². The first-order valence-corrected chi connectivity index (χ1v) is 10.6. The van der Waals surface area contributed by atoms with Crippen LogP contribution in [0.2, 0.25) is 0 Å². The van der Waals surface area contributed by atoms with Gasteiger partial charge in [-0.25, -0.2) is 0 Å². The van der Waals surface area contributed by atoms with E-state index in [2.05, 4.69) is 0 Å². The van der Waals surface area contributed by atoms with Crippen molar-refractivity contribution in [3.05, 3.63) is 35.4 Å². The number of carbonyl (C=O) groups excluding carboxylic acids is 3. The molecule has 3 amide bonds. The van der Waals surface area contributed by atoms with E-state index in [1.165, 1.54) is 12.8 Å². The van der Waals surface area contributed by atoms with Crippen LogP contribution in [0.4, 0.5) is 0 Å². The molecular weight excluding hydrogens is 354 g/mol. The monoisotopic (exact) mass is 383 g/mol. The molecule has 0 aliphatic carbocycles. The predicted molar refractivity (Wildman–Crippen MR) is 106 cm³/mol. The zero-order valence-electron chi connectivity index (χ0n) is 16.4. The first-order valence-electron chi connectivity index (χ1n) is 10.6. The average molecular weight is 383 g/mol. The Bertz CT molecular complexity index is 738. The van der Waals surface area contributed by atoms with Gasteiger partial charge >= 0.3 is 0 Å². The molecule has 6 heteroatoms. The van der Waals surface area contributed by atoms with Crippen LogP contribution in [0.1, 0.15) is 60.9 Å². The summed E-state index contributed by atoms with van der Waals surface area (Å²) in [6.45, 7) is 2.96. The van der Waals surface area contributed by atoms with Crippen LogP contribution in [0.15, 0.2) is 24.3 Å². The van der Waals surface area contributed by atoms with Gasteiger partial charge in [-0.05, 0) is 49.8 Å². The first kappa shape index (κ1) is 19.0. The summed E-state index contributed by atoms with van der Waals surface area (Å²) >= 11 is 0. The van der Waals surface area contributed by atoms with Crippen molar-refractivity contribution in [2.75, 3.05) is 26.2 Å². The minimum absolute atomic E-state index is 0.0530. The second-order valence-corrected chi connectivity index (χ2v) is 8.20. The molecular formula is C22H29N3O3. The summed E-state index contributed by atoms with van der Waals surface area (Å²) in [7, 11) is 0. The summed E-state index contributed by atoms with van der Waals surface area (Å²) in [5.41, 5.74) is 1.66. The van der Waals surface area contributed by atoms with E-state index in [4.69, 9.17) is 0 Å². The van der Waals surface area contributed by atoms with Crippen molar-refractivity contribution in [3.8, 4) is 0 Å². The number of piperazine rings is 1. The summed E-state index contributed by atoms with van der Waals surface area (Å²) in [5, 5.41) is 0. The summed E-state index contributed by atoms with van der Waals surface area (Å²) in [6, 6.07) is 7.25. The fourth-order valence-corrected chi connectivity index (χ4v) is 4.59. The zero-order chi connectivity index (χ0) is 19.5. The molecule has 3 aliphatic heterocycles. The second kappa shape index (κ2) is 8.33. The quantitative estimate of drug-likeness (QED) is 0.805. The van der Waals surface area contributed by atoms with E-state index in [1.54, 1.807) is 9.80 Å². The number of likely N-dealkylation sites (tertiary alicyclic amines) is 1. The van der Waals surface area contributed by atoms with Gasteiger partial charge in [-0.2, -0.15) is 0 Å². The normalized spacial score (nSPS) is 23.4. The van der Waals surface area contributed by atoms with E-state index >= 15 is 0 Å². The topological polar surface area (TPSA) is 60.9 Å². The fourth-order valence-electron chi connectivity index (χ4n) is 4.59. The Hall–Kier alpha value is -2.37. The highest BCUT2D eigenvalue weighted by Crippen LogP contribution is 2.24. The largest absolute Gasteiger partial charge is 0.339 e. The van der Waals surface area contributed by atoms with E-state index in [0.29, 0.717) is 18.7 Å². The van der Waals surface area contributed by atoms with Gasteiger partial charge in [0.25, 0.3) is 5.91 Å². The maximum atomic E-state index is 12.8. The van der Waals surface area contributed by atoms with Gasteiger partial charge in [0.2, 0.25) is 11.8 Å². The molecule has 1 aromatic carbocycles. The second-order valence-electron chi connectivity index (χ2n) is 8.20. The Kier molecular flexibility index (Phi) is 5.64. The molecule has 3 aliphatic rings. The lowest BCUT2D eigenvalue weighted by Crippen LogP contribution is -2.60. The lowest BCUT2D eigenvalue weighted by atomic mass is 9.98. The summed E-state index contributed by atoms with van der Waals surface area (Å²) in [4.78, 5) is 43.3. The van der Waals surface area contributed by atoms with E-state index in [1.807, 2.05) is 29.2 Å². The average Bonchev–Trinajstić information content (AvgIpc) is 3.01. The van der Waals surface area contributed by atoms with Crippen molar-refractivity contribution in [1.29, 1.82) is 0 Å². The van der Waals surface area contributed by atoms with Crippen LogP contribution in [0.25, 0.3) is 0 Å². The third-order valence-corrected chi connectivity index (χ3v) is 6.21. The van der Waals surface area contributed by atoms with Crippen molar-refractivity contribution in [2.45, 2.75) is 57.5 Å². The maximum Gasteiger partial charge on any atom is 0.253 e. The van der Waals surface area contributed by atoms with Crippen LogP contribution in [0, 0.1) is 0 Å². The first-order chi connectivity index (χ1) is 13.6. The maximum absolute atomic E-state index is 12.8. The lowest BCUT2D eigenvalue weighted by molar-refractivity contribution is -0.158. The molecule has 0 aromatic heterocycles. The minimum Gasteiger partial charge on any atom is -0.339 e. The van der Waals surface area contributed by atoms with Crippen LogP contribution >= 0.6 is 0 Å². The van der Waals surface area contributed by atoms with Crippen LogP contribution in [-0.4, -0.2) is 64.6 Å². The highest BCUT2D eigenvalue weighted by molar-refractivity contribution is 5.95. The van der Waals surface area contributed by atoms with E-state index in [0.717, 1.165) is 50.8 Å². The molecule has 28 heavy (non-hydrogen) atoms. The highest BCUT2D eigenvalue weighted by atomic mass is 16.2. The van der Waals surface area contributed by atoms with Gasteiger partial charge in [-0.15, -0.1) is 0 Å². The van der Waals surface area contributed by atoms with Crippen molar-refractivity contribution in [2.24, 2.45) is 0 Å². The molecule has 6 nitrogen and oxygen atoms in total. The van der Waals surface area contributed by atoms with Gasteiger partial charge in [0.15, 0.2) is 0 Å². The molecule has 1 aromatic rings. The number of piperidine rings is 1. The Morgan fingerprint density at radius 1 is 0.893 bits per heavy atom. The highest BCUT2D eigenvalue weighted by Gasteiger charge is 2.40. The predicted octanol–water partition coefficient (Wildman–Crippen LogP) is 2.43.